The average Bonchev–Trinajstić information content (AvgIpc) is 3.23. The number of carbonyl (C=O) groups is 4. The van der Waals surface area contributed by atoms with E-state index in [9.17, 15) is 23.6 Å². The fourth-order valence-electron chi connectivity index (χ4n) is 3.16. The predicted octanol–water partition coefficient (Wildman–Crippen LogP) is 3.17. The Morgan fingerprint density at radius 1 is 1.25 bits per heavy atom. The molecule has 1 aliphatic rings. The van der Waals surface area contributed by atoms with Crippen LogP contribution in [0.1, 0.15) is 30.4 Å². The van der Waals surface area contributed by atoms with Crippen LogP contribution >= 0.6 is 22.9 Å². The van der Waals surface area contributed by atoms with Crippen LogP contribution in [0.4, 0.5) is 20.6 Å². The highest BCUT2D eigenvalue weighted by Gasteiger charge is 2.27. The molecule has 36 heavy (non-hydrogen) atoms. The molecule has 2 aromatic rings. The molecule has 1 unspecified atom stereocenters. The van der Waals surface area contributed by atoms with Crippen LogP contribution in [0.5, 0.6) is 0 Å². The average molecular weight is 541 g/mol. The number of hydrogen-bond donors (Lipinski definition) is 3. The molecular formula is C23H26ClFN4O6S. The smallest absolute Gasteiger partial charge is 0.408 e. The molecule has 4 amide bonds. The van der Waals surface area contributed by atoms with Gasteiger partial charge in [0.25, 0.3) is 11.8 Å². The molecule has 1 fully saturated rings. The maximum Gasteiger partial charge on any atom is 0.408 e. The quantitative estimate of drug-likeness (QED) is 0.495. The Hall–Kier alpha value is -3.22. The van der Waals surface area contributed by atoms with E-state index in [0.717, 1.165) is 17.4 Å². The third-order valence-corrected chi connectivity index (χ3v) is 6.01. The van der Waals surface area contributed by atoms with Crippen LogP contribution in [-0.2, 0) is 19.1 Å². The molecule has 0 aliphatic carbocycles. The lowest BCUT2D eigenvalue weighted by Gasteiger charge is -2.27. The summed E-state index contributed by atoms with van der Waals surface area (Å²) >= 11 is 6.91. The van der Waals surface area contributed by atoms with Crippen LogP contribution in [0, 0.1) is 5.82 Å². The molecule has 0 spiro atoms. The number of halogens is 2. The third-order valence-electron chi connectivity index (χ3n) is 4.78. The lowest BCUT2D eigenvalue weighted by molar-refractivity contribution is -0.125. The number of hydrogen-bond acceptors (Lipinski definition) is 7. The first-order valence-corrected chi connectivity index (χ1v) is 12.1. The van der Waals surface area contributed by atoms with Gasteiger partial charge in [-0.05, 0) is 51.1 Å². The van der Waals surface area contributed by atoms with Gasteiger partial charge in [0, 0.05) is 18.8 Å². The summed E-state index contributed by atoms with van der Waals surface area (Å²) in [5.74, 6) is -2.38. The molecule has 10 nitrogen and oxygen atoms in total. The van der Waals surface area contributed by atoms with E-state index in [0.29, 0.717) is 21.5 Å². The van der Waals surface area contributed by atoms with E-state index >= 15 is 0 Å². The van der Waals surface area contributed by atoms with Crippen molar-refractivity contribution in [3.05, 3.63) is 45.4 Å². The van der Waals surface area contributed by atoms with Crippen molar-refractivity contribution in [2.45, 2.75) is 32.4 Å². The fraction of sp³-hybridized carbons (Fsp3) is 0.391. The van der Waals surface area contributed by atoms with Gasteiger partial charge in [0.1, 0.15) is 24.1 Å². The van der Waals surface area contributed by atoms with Gasteiger partial charge in [-0.15, -0.1) is 11.3 Å². The van der Waals surface area contributed by atoms with Gasteiger partial charge in [0.15, 0.2) is 0 Å². The minimum Gasteiger partial charge on any atom is -0.444 e. The summed E-state index contributed by atoms with van der Waals surface area (Å²) < 4.78 is 25.5. The summed E-state index contributed by atoms with van der Waals surface area (Å²) in [7, 11) is 0. The SMILES string of the molecule is CC(C)(C)OC(=O)NC(CNC(=O)c1ccc(Cl)s1)C(=O)Nc1ccc(N2CCOCC2=O)cc1F. The maximum absolute atomic E-state index is 14.8. The number of amides is 4. The Balaban J connectivity index is 1.71. The third kappa shape index (κ3) is 7.64. The van der Waals surface area contributed by atoms with E-state index in [-0.39, 0.29) is 31.3 Å². The van der Waals surface area contributed by atoms with E-state index in [1.807, 2.05) is 0 Å². The van der Waals surface area contributed by atoms with Crippen molar-refractivity contribution in [2.24, 2.45) is 0 Å². The fourth-order valence-corrected chi connectivity index (χ4v) is 4.12. The summed E-state index contributed by atoms with van der Waals surface area (Å²) in [6.45, 7) is 5.16. The minimum atomic E-state index is -1.29. The monoisotopic (exact) mass is 540 g/mol. The van der Waals surface area contributed by atoms with Crippen LogP contribution in [-0.4, -0.2) is 61.8 Å². The first-order chi connectivity index (χ1) is 16.9. The van der Waals surface area contributed by atoms with Crippen LogP contribution in [0.3, 0.4) is 0 Å². The zero-order chi connectivity index (χ0) is 26.5. The molecule has 1 aliphatic heterocycles. The van der Waals surface area contributed by atoms with Gasteiger partial charge in [-0.3, -0.25) is 14.4 Å². The van der Waals surface area contributed by atoms with Crippen LogP contribution in [0.2, 0.25) is 4.34 Å². The number of morpholine rings is 1. The van der Waals surface area contributed by atoms with E-state index < -0.39 is 35.4 Å². The molecule has 13 heteroatoms. The predicted molar refractivity (Wildman–Crippen MR) is 133 cm³/mol. The van der Waals surface area contributed by atoms with Gasteiger partial charge in [-0.1, -0.05) is 11.6 Å². The van der Waals surface area contributed by atoms with Gasteiger partial charge in [-0.25, -0.2) is 9.18 Å². The lowest BCUT2D eigenvalue weighted by atomic mass is 10.2. The molecule has 0 saturated carbocycles. The van der Waals surface area contributed by atoms with Gasteiger partial charge in [0.05, 0.1) is 21.5 Å². The maximum atomic E-state index is 14.8. The second-order valence-corrected chi connectivity index (χ2v) is 10.5. The molecule has 1 saturated heterocycles. The molecule has 0 bridgehead atoms. The Morgan fingerprint density at radius 2 is 2.00 bits per heavy atom. The number of ether oxygens (including phenoxy) is 2. The molecule has 3 rings (SSSR count). The van der Waals surface area contributed by atoms with E-state index in [2.05, 4.69) is 16.0 Å². The summed E-state index contributed by atoms with van der Waals surface area (Å²) in [5, 5.41) is 7.35. The highest BCUT2D eigenvalue weighted by Crippen LogP contribution is 2.24. The molecule has 1 atom stereocenters. The number of rotatable bonds is 7. The first kappa shape index (κ1) is 27.4. The number of anilines is 2. The molecule has 1 aromatic heterocycles. The lowest BCUT2D eigenvalue weighted by Crippen LogP contribution is -2.51. The summed E-state index contributed by atoms with van der Waals surface area (Å²) in [6, 6.07) is 5.70. The minimum absolute atomic E-state index is 0.0957. The van der Waals surface area contributed by atoms with E-state index in [1.54, 1.807) is 26.8 Å². The van der Waals surface area contributed by atoms with E-state index in [1.165, 1.54) is 23.1 Å². The van der Waals surface area contributed by atoms with Gasteiger partial charge >= 0.3 is 6.09 Å². The number of nitrogens with one attached hydrogen (secondary N) is 3. The molecule has 194 valence electrons. The van der Waals surface area contributed by atoms with E-state index in [4.69, 9.17) is 21.1 Å². The highest BCUT2D eigenvalue weighted by molar-refractivity contribution is 7.18. The second-order valence-electron chi connectivity index (χ2n) is 8.76. The van der Waals surface area contributed by atoms with Crippen molar-refractivity contribution < 1.29 is 33.0 Å². The van der Waals surface area contributed by atoms with Crippen molar-refractivity contribution in [1.29, 1.82) is 0 Å². The number of alkyl carbamates (subject to hydrolysis) is 1. The number of nitrogens with zero attached hydrogens (tertiary/aromatic N) is 1. The number of benzene rings is 1. The zero-order valence-electron chi connectivity index (χ0n) is 19.9. The van der Waals surface area contributed by atoms with Crippen molar-refractivity contribution in [3.63, 3.8) is 0 Å². The summed E-state index contributed by atoms with van der Waals surface area (Å²) in [5.41, 5.74) is -0.679. The molecule has 3 N–H and O–H groups in total. The van der Waals surface area contributed by atoms with Gasteiger partial charge in [0.2, 0.25) is 5.91 Å². The van der Waals surface area contributed by atoms with Crippen molar-refractivity contribution in [1.82, 2.24) is 10.6 Å². The Morgan fingerprint density at radius 3 is 2.61 bits per heavy atom. The zero-order valence-corrected chi connectivity index (χ0v) is 21.4. The summed E-state index contributed by atoms with van der Waals surface area (Å²) in [4.78, 5) is 51.4. The van der Waals surface area contributed by atoms with Crippen molar-refractivity contribution in [2.75, 3.05) is 36.5 Å². The summed E-state index contributed by atoms with van der Waals surface area (Å²) in [6.07, 6.45) is -0.891. The molecular weight excluding hydrogens is 515 g/mol. The van der Waals surface area contributed by atoms with Crippen LogP contribution < -0.4 is 20.9 Å². The van der Waals surface area contributed by atoms with Crippen molar-refractivity contribution >= 4 is 58.1 Å². The number of thiophene rings is 1. The van der Waals surface area contributed by atoms with Crippen LogP contribution in [0.25, 0.3) is 0 Å². The standard InChI is InChI=1S/C23H26ClFN4O6S/c1-23(2,3)35-22(33)28-16(11-26-21(32)17-6-7-18(24)36-17)20(31)27-15-5-4-13(10-14(15)25)29-8-9-34-12-19(29)30/h4-7,10,16H,8-9,11-12H2,1-3H3,(H,26,32)(H,27,31)(H,28,33). The molecule has 1 aromatic carbocycles. The largest absolute Gasteiger partial charge is 0.444 e. The topological polar surface area (TPSA) is 126 Å². The normalized spacial score (nSPS) is 14.7. The Labute approximate surface area is 216 Å². The van der Waals surface area contributed by atoms with Gasteiger partial charge < -0.3 is 30.3 Å². The first-order valence-electron chi connectivity index (χ1n) is 10.9. The molecule has 2 heterocycles. The van der Waals surface area contributed by atoms with Gasteiger partial charge in [-0.2, -0.15) is 0 Å². The number of carbonyl (C=O) groups excluding carboxylic acids is 4. The second kappa shape index (κ2) is 11.7. The highest BCUT2D eigenvalue weighted by atomic mass is 35.5. The Bertz CT molecular complexity index is 1150. The molecule has 0 radical (unpaired) electrons. The van der Waals surface area contributed by atoms with Crippen LogP contribution in [0.15, 0.2) is 30.3 Å². The van der Waals surface area contributed by atoms with Crippen molar-refractivity contribution in [3.8, 4) is 0 Å². The Kier molecular flexibility index (Phi) is 8.88.